The number of aromatic nitrogens is 3. The number of benzene rings is 1. The fourth-order valence-electron chi connectivity index (χ4n) is 3.18. The van der Waals surface area contributed by atoms with Crippen molar-refractivity contribution in [1.82, 2.24) is 15.2 Å². The summed E-state index contributed by atoms with van der Waals surface area (Å²) in [5, 5.41) is 7.99. The molecule has 1 aromatic carbocycles. The molecule has 0 unspecified atom stereocenters. The summed E-state index contributed by atoms with van der Waals surface area (Å²) in [6.07, 6.45) is 4.07. The van der Waals surface area contributed by atoms with Gasteiger partial charge >= 0.3 is 0 Å². The molecule has 8 heteroatoms. The van der Waals surface area contributed by atoms with Gasteiger partial charge in [0, 0.05) is 37.1 Å². The predicted molar refractivity (Wildman–Crippen MR) is 105 cm³/mol. The standard InChI is InChI=1S/C20H18N4O3S/c1-12(28-20-23-22-19(27-20)16-4-3-8-21-11-16)18(26)15-5-6-17-14(10-15)7-9-24(17)13(2)25/h3-6,8,10-12H,7,9H2,1-2H3/t12-/m0/s1. The van der Waals surface area contributed by atoms with Crippen LogP contribution in [0.2, 0.25) is 0 Å². The molecule has 0 radical (unpaired) electrons. The maximum absolute atomic E-state index is 12.8. The number of thioether (sulfide) groups is 1. The van der Waals surface area contributed by atoms with Gasteiger partial charge in [-0.3, -0.25) is 14.6 Å². The van der Waals surface area contributed by atoms with Crippen LogP contribution in [0, 0.1) is 0 Å². The van der Waals surface area contributed by atoms with E-state index in [4.69, 9.17) is 4.42 Å². The van der Waals surface area contributed by atoms with E-state index in [0.717, 1.165) is 23.2 Å². The second-order valence-electron chi connectivity index (χ2n) is 6.50. The number of carbonyl (C=O) groups excluding carboxylic acids is 2. The van der Waals surface area contributed by atoms with Crippen LogP contribution in [0.5, 0.6) is 0 Å². The molecular formula is C20H18N4O3S. The maximum Gasteiger partial charge on any atom is 0.277 e. The molecule has 3 heterocycles. The average Bonchev–Trinajstić information content (AvgIpc) is 3.34. The Kier molecular flexibility index (Phi) is 4.95. The molecule has 1 aliphatic heterocycles. The molecular weight excluding hydrogens is 376 g/mol. The van der Waals surface area contributed by atoms with E-state index < -0.39 is 0 Å². The Morgan fingerprint density at radius 1 is 1.25 bits per heavy atom. The van der Waals surface area contributed by atoms with Gasteiger partial charge < -0.3 is 9.32 Å². The lowest BCUT2D eigenvalue weighted by atomic mass is 10.0. The van der Waals surface area contributed by atoms with Crippen molar-refractivity contribution in [2.24, 2.45) is 0 Å². The molecule has 0 saturated heterocycles. The number of nitrogens with zero attached hydrogens (tertiary/aromatic N) is 4. The molecule has 7 nitrogen and oxygen atoms in total. The Labute approximate surface area is 166 Å². The van der Waals surface area contributed by atoms with Gasteiger partial charge in [-0.05, 0) is 49.2 Å². The molecule has 4 rings (SSSR count). The van der Waals surface area contributed by atoms with Crippen molar-refractivity contribution in [1.29, 1.82) is 0 Å². The van der Waals surface area contributed by atoms with E-state index >= 15 is 0 Å². The summed E-state index contributed by atoms with van der Waals surface area (Å²) in [6, 6.07) is 9.13. The molecule has 0 aliphatic carbocycles. The number of pyridine rings is 1. The van der Waals surface area contributed by atoms with Gasteiger partial charge in [0.1, 0.15) is 0 Å². The smallest absolute Gasteiger partial charge is 0.277 e. The van der Waals surface area contributed by atoms with Crippen LogP contribution in [-0.2, 0) is 11.2 Å². The van der Waals surface area contributed by atoms with Crippen LogP contribution in [0.3, 0.4) is 0 Å². The molecule has 0 fully saturated rings. The fourth-order valence-corrected chi connectivity index (χ4v) is 3.95. The lowest BCUT2D eigenvalue weighted by molar-refractivity contribution is -0.116. The molecule has 0 bridgehead atoms. The zero-order valence-corrected chi connectivity index (χ0v) is 16.3. The zero-order chi connectivity index (χ0) is 19.7. The van der Waals surface area contributed by atoms with Gasteiger partial charge in [-0.25, -0.2) is 0 Å². The van der Waals surface area contributed by atoms with Crippen LogP contribution in [-0.4, -0.2) is 38.7 Å². The van der Waals surface area contributed by atoms with Gasteiger partial charge in [0.05, 0.1) is 10.8 Å². The predicted octanol–water partition coefficient (Wildman–Crippen LogP) is 3.40. The summed E-state index contributed by atoms with van der Waals surface area (Å²) in [5.74, 6) is 0.370. The molecule has 3 aromatic rings. The minimum absolute atomic E-state index is 0.0163. The summed E-state index contributed by atoms with van der Waals surface area (Å²) in [4.78, 5) is 30.3. The van der Waals surface area contributed by atoms with Gasteiger partial charge in [-0.15, -0.1) is 10.2 Å². The van der Waals surface area contributed by atoms with E-state index in [-0.39, 0.29) is 16.9 Å². The van der Waals surface area contributed by atoms with Crippen molar-refractivity contribution in [2.75, 3.05) is 11.4 Å². The third kappa shape index (κ3) is 3.55. The number of rotatable bonds is 5. The molecule has 1 aliphatic rings. The highest BCUT2D eigenvalue weighted by molar-refractivity contribution is 8.00. The number of hydrogen-bond acceptors (Lipinski definition) is 7. The van der Waals surface area contributed by atoms with Crippen LogP contribution < -0.4 is 4.90 Å². The molecule has 0 spiro atoms. The quantitative estimate of drug-likeness (QED) is 0.484. The molecule has 0 N–H and O–H groups in total. The lowest BCUT2D eigenvalue weighted by Gasteiger charge is -2.15. The van der Waals surface area contributed by atoms with Gasteiger partial charge in [0.25, 0.3) is 5.22 Å². The highest BCUT2D eigenvalue weighted by Crippen LogP contribution is 2.31. The van der Waals surface area contributed by atoms with Crippen LogP contribution in [0.25, 0.3) is 11.5 Å². The Hall–Kier alpha value is -3.00. The summed E-state index contributed by atoms with van der Waals surface area (Å²) >= 11 is 1.23. The van der Waals surface area contributed by atoms with Crippen LogP contribution in [0.1, 0.15) is 29.8 Å². The first-order valence-corrected chi connectivity index (χ1v) is 9.76. The molecule has 28 heavy (non-hydrogen) atoms. The lowest BCUT2D eigenvalue weighted by Crippen LogP contribution is -2.25. The zero-order valence-electron chi connectivity index (χ0n) is 15.5. The monoisotopic (exact) mass is 394 g/mol. The first-order chi connectivity index (χ1) is 13.5. The highest BCUT2D eigenvalue weighted by Gasteiger charge is 2.25. The molecule has 0 saturated carbocycles. The summed E-state index contributed by atoms with van der Waals surface area (Å²) in [7, 11) is 0. The SMILES string of the molecule is CC(=O)N1CCc2cc(C(=O)[C@H](C)Sc3nnc(-c4cccnc4)o3)ccc21. The van der Waals surface area contributed by atoms with E-state index in [1.165, 1.54) is 11.8 Å². The van der Waals surface area contributed by atoms with Gasteiger partial charge in [-0.1, -0.05) is 11.8 Å². The number of Topliss-reactive ketones (excluding diaryl/α,β-unsaturated/α-hetero) is 1. The Morgan fingerprint density at radius 2 is 2.11 bits per heavy atom. The Morgan fingerprint density at radius 3 is 2.86 bits per heavy atom. The number of carbonyl (C=O) groups is 2. The third-order valence-electron chi connectivity index (χ3n) is 4.60. The Balaban J connectivity index is 1.47. The van der Waals surface area contributed by atoms with E-state index in [9.17, 15) is 9.59 Å². The van der Waals surface area contributed by atoms with Gasteiger partial charge in [0.15, 0.2) is 5.78 Å². The average molecular weight is 394 g/mol. The van der Waals surface area contributed by atoms with E-state index in [1.807, 2.05) is 25.1 Å². The summed E-state index contributed by atoms with van der Waals surface area (Å²) in [5.41, 5.74) is 3.27. The summed E-state index contributed by atoms with van der Waals surface area (Å²) in [6.45, 7) is 4.03. The topological polar surface area (TPSA) is 89.2 Å². The van der Waals surface area contributed by atoms with Crippen molar-refractivity contribution in [3.05, 3.63) is 53.9 Å². The van der Waals surface area contributed by atoms with Crippen LogP contribution >= 0.6 is 11.8 Å². The van der Waals surface area contributed by atoms with Crippen molar-refractivity contribution < 1.29 is 14.0 Å². The van der Waals surface area contributed by atoms with Gasteiger partial charge in [0.2, 0.25) is 11.8 Å². The third-order valence-corrected chi connectivity index (χ3v) is 5.54. The number of amides is 1. The first kappa shape index (κ1) is 18.4. The number of anilines is 1. The highest BCUT2D eigenvalue weighted by atomic mass is 32.2. The van der Waals surface area contributed by atoms with Crippen molar-refractivity contribution in [3.8, 4) is 11.5 Å². The summed E-state index contributed by atoms with van der Waals surface area (Å²) < 4.78 is 5.65. The number of hydrogen-bond donors (Lipinski definition) is 0. The maximum atomic E-state index is 12.8. The normalized spacial score (nSPS) is 14.0. The minimum Gasteiger partial charge on any atom is -0.411 e. The van der Waals surface area contributed by atoms with Gasteiger partial charge in [-0.2, -0.15) is 0 Å². The van der Waals surface area contributed by atoms with E-state index in [2.05, 4.69) is 15.2 Å². The van der Waals surface area contributed by atoms with Crippen LogP contribution in [0.15, 0.2) is 52.4 Å². The van der Waals surface area contributed by atoms with E-state index in [1.54, 1.807) is 36.4 Å². The van der Waals surface area contributed by atoms with Crippen LogP contribution in [0.4, 0.5) is 5.69 Å². The van der Waals surface area contributed by atoms with E-state index in [0.29, 0.717) is 23.2 Å². The second kappa shape index (κ2) is 7.55. The fraction of sp³-hybridized carbons (Fsp3) is 0.250. The molecule has 2 aromatic heterocycles. The Bertz CT molecular complexity index is 1030. The second-order valence-corrected chi connectivity index (χ2v) is 7.80. The largest absolute Gasteiger partial charge is 0.411 e. The number of ketones is 1. The molecule has 1 atom stereocenters. The minimum atomic E-state index is -0.384. The molecule has 142 valence electrons. The molecule has 1 amide bonds. The first-order valence-electron chi connectivity index (χ1n) is 8.89. The van der Waals surface area contributed by atoms with Crippen molar-refractivity contribution in [2.45, 2.75) is 30.7 Å². The van der Waals surface area contributed by atoms with Crippen molar-refractivity contribution >= 4 is 29.1 Å². The number of fused-ring (bicyclic) bond motifs is 1. The van der Waals surface area contributed by atoms with Crippen molar-refractivity contribution in [3.63, 3.8) is 0 Å².